The summed E-state index contributed by atoms with van der Waals surface area (Å²) in [4.78, 5) is 11.2. The first-order valence-corrected chi connectivity index (χ1v) is 10.2. The molecule has 0 fully saturated rings. The van der Waals surface area contributed by atoms with Crippen LogP contribution in [0.25, 0.3) is 0 Å². The lowest BCUT2D eigenvalue weighted by molar-refractivity contribution is -0.112. The molecule has 0 atom stereocenters. The SMILES string of the molecule is CC(=O)/C=C/CCSC(c1ccccc1)(c1ccccc1)c1ccccc1. The molecule has 0 unspecified atom stereocenters. The van der Waals surface area contributed by atoms with Crippen molar-refractivity contribution in [1.29, 1.82) is 0 Å². The van der Waals surface area contributed by atoms with E-state index in [4.69, 9.17) is 0 Å². The Kier molecular flexibility index (Phi) is 6.67. The third kappa shape index (κ3) is 4.58. The number of allylic oxidation sites excluding steroid dienone is 2. The van der Waals surface area contributed by atoms with Crippen LogP contribution in [0, 0.1) is 0 Å². The Morgan fingerprint density at radius 2 is 1.19 bits per heavy atom. The zero-order valence-corrected chi connectivity index (χ0v) is 16.4. The molecule has 0 radical (unpaired) electrons. The summed E-state index contributed by atoms with van der Waals surface area (Å²) in [5.41, 5.74) is 3.80. The van der Waals surface area contributed by atoms with Crippen molar-refractivity contribution in [2.75, 3.05) is 5.75 Å². The van der Waals surface area contributed by atoms with Gasteiger partial charge < -0.3 is 0 Å². The number of ketones is 1. The summed E-state index contributed by atoms with van der Waals surface area (Å²) in [5, 5.41) is 0. The Labute approximate surface area is 166 Å². The molecule has 27 heavy (non-hydrogen) atoms. The second-order valence-electron chi connectivity index (χ2n) is 6.43. The van der Waals surface area contributed by atoms with Gasteiger partial charge >= 0.3 is 0 Å². The number of hydrogen-bond acceptors (Lipinski definition) is 2. The lowest BCUT2D eigenvalue weighted by atomic mass is 9.84. The van der Waals surface area contributed by atoms with E-state index in [0.29, 0.717) is 0 Å². The maximum absolute atomic E-state index is 11.2. The van der Waals surface area contributed by atoms with E-state index in [1.165, 1.54) is 16.7 Å². The second kappa shape index (κ2) is 9.38. The average molecular weight is 373 g/mol. The summed E-state index contributed by atoms with van der Waals surface area (Å²) in [6.07, 6.45) is 4.50. The third-order valence-corrected chi connectivity index (χ3v) is 6.08. The Hall–Kier alpha value is -2.58. The zero-order chi connectivity index (χ0) is 19.0. The van der Waals surface area contributed by atoms with Gasteiger partial charge in [-0.05, 0) is 41.9 Å². The van der Waals surface area contributed by atoms with Gasteiger partial charge in [0.1, 0.15) is 0 Å². The van der Waals surface area contributed by atoms with Gasteiger partial charge in [0.15, 0.2) is 5.78 Å². The van der Waals surface area contributed by atoms with Gasteiger partial charge in [0.2, 0.25) is 0 Å². The molecule has 3 aromatic rings. The van der Waals surface area contributed by atoms with Crippen molar-refractivity contribution < 1.29 is 4.79 Å². The van der Waals surface area contributed by atoms with Crippen molar-refractivity contribution in [3.05, 3.63) is 120 Å². The van der Waals surface area contributed by atoms with Gasteiger partial charge in [0.25, 0.3) is 0 Å². The van der Waals surface area contributed by atoms with E-state index >= 15 is 0 Å². The van der Waals surface area contributed by atoms with Crippen molar-refractivity contribution in [2.45, 2.75) is 18.1 Å². The number of carbonyl (C=O) groups is 1. The van der Waals surface area contributed by atoms with Gasteiger partial charge in [-0.15, -0.1) is 11.8 Å². The minimum absolute atomic E-state index is 0.0976. The van der Waals surface area contributed by atoms with Gasteiger partial charge in [-0.3, -0.25) is 4.79 Å². The van der Waals surface area contributed by atoms with Crippen LogP contribution in [-0.4, -0.2) is 11.5 Å². The molecule has 0 bridgehead atoms. The highest BCUT2D eigenvalue weighted by molar-refractivity contribution is 8.00. The lowest BCUT2D eigenvalue weighted by Gasteiger charge is -2.35. The van der Waals surface area contributed by atoms with Gasteiger partial charge in [-0.1, -0.05) is 97.1 Å². The van der Waals surface area contributed by atoms with Crippen molar-refractivity contribution >= 4 is 17.5 Å². The lowest BCUT2D eigenvalue weighted by Crippen LogP contribution is -2.26. The molecule has 3 aromatic carbocycles. The quantitative estimate of drug-likeness (QED) is 0.264. The van der Waals surface area contributed by atoms with Crippen LogP contribution in [0.3, 0.4) is 0 Å². The van der Waals surface area contributed by atoms with E-state index in [9.17, 15) is 4.79 Å². The predicted molar refractivity (Wildman–Crippen MR) is 116 cm³/mol. The highest BCUT2D eigenvalue weighted by Gasteiger charge is 2.36. The van der Waals surface area contributed by atoms with Crippen LogP contribution in [0.1, 0.15) is 30.0 Å². The van der Waals surface area contributed by atoms with Crippen LogP contribution >= 0.6 is 11.8 Å². The third-order valence-electron chi connectivity index (χ3n) is 4.50. The predicted octanol–water partition coefficient (Wildman–Crippen LogP) is 6.25. The summed E-state index contributed by atoms with van der Waals surface area (Å²) in [5.74, 6) is 1.02. The van der Waals surface area contributed by atoms with Crippen molar-refractivity contribution in [3.63, 3.8) is 0 Å². The van der Waals surface area contributed by atoms with Crippen molar-refractivity contribution in [3.8, 4) is 0 Å². The number of benzene rings is 3. The molecule has 0 saturated carbocycles. The Bertz CT molecular complexity index is 773. The highest BCUT2D eigenvalue weighted by Crippen LogP contribution is 2.48. The van der Waals surface area contributed by atoms with Gasteiger partial charge in [-0.25, -0.2) is 0 Å². The normalized spacial score (nSPS) is 11.6. The monoisotopic (exact) mass is 372 g/mol. The maximum atomic E-state index is 11.2. The molecule has 0 aliphatic heterocycles. The molecule has 0 aromatic heterocycles. The first-order chi connectivity index (χ1) is 13.2. The fourth-order valence-corrected chi connectivity index (χ4v) is 4.77. The molecule has 0 spiro atoms. The van der Waals surface area contributed by atoms with Crippen LogP contribution in [0.2, 0.25) is 0 Å². The van der Waals surface area contributed by atoms with Crippen LogP contribution in [-0.2, 0) is 9.54 Å². The fourth-order valence-electron chi connectivity index (χ4n) is 3.30. The topological polar surface area (TPSA) is 17.1 Å². The minimum atomic E-state index is -0.284. The molecule has 136 valence electrons. The Balaban J connectivity index is 2.07. The molecular formula is C25H24OS. The molecule has 0 amide bonds. The van der Waals surface area contributed by atoms with E-state index in [1.807, 2.05) is 17.8 Å². The average Bonchev–Trinajstić information content (AvgIpc) is 2.73. The fraction of sp³-hybridized carbons (Fsp3) is 0.160. The van der Waals surface area contributed by atoms with E-state index < -0.39 is 0 Å². The first-order valence-electron chi connectivity index (χ1n) is 9.21. The molecule has 0 aliphatic carbocycles. The molecule has 1 nitrogen and oxygen atoms in total. The van der Waals surface area contributed by atoms with Gasteiger partial charge in [-0.2, -0.15) is 0 Å². The molecule has 0 N–H and O–H groups in total. The molecule has 3 rings (SSSR count). The Morgan fingerprint density at radius 3 is 1.56 bits per heavy atom. The molecule has 0 heterocycles. The van der Waals surface area contributed by atoms with E-state index in [1.54, 1.807) is 13.0 Å². The molecular weight excluding hydrogens is 348 g/mol. The minimum Gasteiger partial charge on any atom is -0.295 e. The zero-order valence-electron chi connectivity index (χ0n) is 15.5. The van der Waals surface area contributed by atoms with Crippen molar-refractivity contribution in [2.24, 2.45) is 0 Å². The van der Waals surface area contributed by atoms with Crippen LogP contribution in [0.15, 0.2) is 103 Å². The number of hydrogen-bond donors (Lipinski definition) is 0. The van der Waals surface area contributed by atoms with E-state index in [2.05, 4.69) is 91.0 Å². The summed E-state index contributed by atoms with van der Waals surface area (Å²) in [6, 6.07) is 32.0. The first kappa shape index (κ1) is 19.2. The van der Waals surface area contributed by atoms with E-state index in [-0.39, 0.29) is 10.5 Å². The number of thioether (sulfide) groups is 1. The smallest absolute Gasteiger partial charge is 0.152 e. The number of carbonyl (C=O) groups excluding carboxylic acids is 1. The van der Waals surface area contributed by atoms with Gasteiger partial charge in [0.05, 0.1) is 4.75 Å². The highest BCUT2D eigenvalue weighted by atomic mass is 32.2. The largest absolute Gasteiger partial charge is 0.295 e. The van der Waals surface area contributed by atoms with E-state index in [0.717, 1.165) is 12.2 Å². The molecule has 0 aliphatic rings. The summed E-state index contributed by atoms with van der Waals surface area (Å²) in [6.45, 7) is 1.59. The van der Waals surface area contributed by atoms with Crippen LogP contribution in [0.4, 0.5) is 0 Å². The standard InChI is InChI=1S/C25H24OS/c1-21(26)13-11-12-20-27-25(22-14-5-2-6-15-22,23-16-7-3-8-17-23)24-18-9-4-10-19-24/h2-11,13-19H,12,20H2,1H3/b13-11+. The molecule has 0 saturated heterocycles. The number of rotatable bonds is 8. The molecule has 2 heteroatoms. The summed E-state index contributed by atoms with van der Waals surface area (Å²) < 4.78 is -0.284. The summed E-state index contributed by atoms with van der Waals surface area (Å²) >= 11 is 1.92. The Morgan fingerprint density at radius 1 is 0.778 bits per heavy atom. The van der Waals surface area contributed by atoms with Gasteiger partial charge in [0, 0.05) is 0 Å². The van der Waals surface area contributed by atoms with Crippen LogP contribution in [0.5, 0.6) is 0 Å². The summed E-state index contributed by atoms with van der Waals surface area (Å²) in [7, 11) is 0. The van der Waals surface area contributed by atoms with Crippen molar-refractivity contribution in [1.82, 2.24) is 0 Å². The van der Waals surface area contributed by atoms with Crippen LogP contribution < -0.4 is 0 Å². The second-order valence-corrected chi connectivity index (χ2v) is 7.74. The maximum Gasteiger partial charge on any atom is 0.152 e.